The van der Waals surface area contributed by atoms with Crippen molar-refractivity contribution >= 4 is 23.2 Å². The number of hydrogen-bond acceptors (Lipinski definition) is 4. The molecule has 0 saturated heterocycles. The van der Waals surface area contributed by atoms with E-state index in [9.17, 15) is 9.59 Å². The molecule has 178 valence electrons. The van der Waals surface area contributed by atoms with E-state index in [-0.39, 0.29) is 24.4 Å². The number of benzene rings is 2. The molecule has 34 heavy (non-hydrogen) atoms. The average molecular weight is 477 g/mol. The maximum Gasteiger partial charge on any atom is 0.258 e. The van der Waals surface area contributed by atoms with Gasteiger partial charge < -0.3 is 14.5 Å². The summed E-state index contributed by atoms with van der Waals surface area (Å²) in [5, 5.41) is 2.11. The van der Waals surface area contributed by atoms with Gasteiger partial charge in [0, 0.05) is 18.0 Å². The summed E-state index contributed by atoms with van der Waals surface area (Å²) in [5.74, 6) is 0.334. The molecule has 1 aliphatic heterocycles. The molecule has 1 aliphatic rings. The number of carbonyl (C=O) groups excluding carboxylic acids is 2. The van der Waals surface area contributed by atoms with E-state index in [1.54, 1.807) is 35.5 Å². The number of nitrogens with zero attached hydrogens (tertiary/aromatic N) is 2. The van der Waals surface area contributed by atoms with E-state index in [0.717, 1.165) is 24.8 Å². The van der Waals surface area contributed by atoms with Gasteiger partial charge in [-0.2, -0.15) is 0 Å². The number of carbonyl (C=O) groups is 2. The Balaban J connectivity index is 1.62. The molecule has 1 aromatic heterocycles. The molecule has 0 aliphatic carbocycles. The minimum atomic E-state index is -0.167. The zero-order chi connectivity index (χ0) is 24.1. The number of para-hydroxylation sites is 1. The number of methoxy groups -OCH3 is 1. The fourth-order valence-corrected chi connectivity index (χ4v) is 5.44. The lowest BCUT2D eigenvalue weighted by Crippen LogP contribution is -2.47. The van der Waals surface area contributed by atoms with Crippen molar-refractivity contribution in [2.75, 3.05) is 26.7 Å². The van der Waals surface area contributed by atoms with E-state index in [1.165, 1.54) is 16.0 Å². The Morgan fingerprint density at radius 1 is 1.12 bits per heavy atom. The van der Waals surface area contributed by atoms with Gasteiger partial charge in [0.15, 0.2) is 0 Å². The molecule has 2 amide bonds. The van der Waals surface area contributed by atoms with Crippen LogP contribution in [0.4, 0.5) is 0 Å². The molecule has 0 radical (unpaired) electrons. The summed E-state index contributed by atoms with van der Waals surface area (Å²) < 4.78 is 5.42. The number of rotatable bonds is 8. The second kappa shape index (κ2) is 10.9. The van der Waals surface area contributed by atoms with Gasteiger partial charge in [-0.1, -0.05) is 55.3 Å². The third-order valence-corrected chi connectivity index (χ3v) is 7.41. The Bertz CT molecular complexity index is 1140. The first-order valence-corrected chi connectivity index (χ1v) is 12.8. The van der Waals surface area contributed by atoms with E-state index >= 15 is 0 Å². The third-order valence-electron chi connectivity index (χ3n) is 6.41. The van der Waals surface area contributed by atoms with Gasteiger partial charge >= 0.3 is 0 Å². The Labute approximate surface area is 206 Å². The molecule has 1 unspecified atom stereocenters. The van der Waals surface area contributed by atoms with Crippen LogP contribution in [0, 0.1) is 6.92 Å². The maximum absolute atomic E-state index is 13.7. The molecule has 1 atom stereocenters. The van der Waals surface area contributed by atoms with Crippen molar-refractivity contribution in [2.24, 2.45) is 0 Å². The van der Waals surface area contributed by atoms with Crippen molar-refractivity contribution in [3.63, 3.8) is 0 Å². The number of fused-ring (bicyclic) bond motifs is 1. The van der Waals surface area contributed by atoms with E-state index in [1.807, 2.05) is 17.0 Å². The summed E-state index contributed by atoms with van der Waals surface area (Å²) in [6, 6.07) is 17.6. The number of unbranched alkanes of at least 4 members (excludes halogenated alkanes) is 1. The van der Waals surface area contributed by atoms with Gasteiger partial charge in [0.05, 0.1) is 18.7 Å². The first-order chi connectivity index (χ1) is 16.5. The highest BCUT2D eigenvalue weighted by molar-refractivity contribution is 7.10. The Kier molecular flexibility index (Phi) is 7.68. The van der Waals surface area contributed by atoms with Crippen LogP contribution in [0.5, 0.6) is 5.75 Å². The molecule has 0 bridgehead atoms. The summed E-state index contributed by atoms with van der Waals surface area (Å²) in [6.45, 7) is 5.39. The predicted molar refractivity (Wildman–Crippen MR) is 137 cm³/mol. The topological polar surface area (TPSA) is 49.9 Å². The molecule has 3 aromatic rings. The van der Waals surface area contributed by atoms with Crippen LogP contribution in [0.2, 0.25) is 0 Å². The van der Waals surface area contributed by atoms with Crippen molar-refractivity contribution in [1.82, 2.24) is 9.80 Å². The lowest BCUT2D eigenvalue weighted by atomic mass is 9.92. The first kappa shape index (κ1) is 24.0. The number of ether oxygens (including phenoxy) is 1. The van der Waals surface area contributed by atoms with Gasteiger partial charge in [-0.25, -0.2) is 0 Å². The second-order valence-corrected chi connectivity index (χ2v) is 9.73. The lowest BCUT2D eigenvalue weighted by molar-refractivity contribution is -0.134. The highest BCUT2D eigenvalue weighted by atomic mass is 32.1. The van der Waals surface area contributed by atoms with Crippen LogP contribution in [0.25, 0.3) is 0 Å². The summed E-state index contributed by atoms with van der Waals surface area (Å²) >= 11 is 1.76. The van der Waals surface area contributed by atoms with Crippen LogP contribution >= 0.6 is 11.3 Å². The Morgan fingerprint density at radius 2 is 1.88 bits per heavy atom. The van der Waals surface area contributed by atoms with Crippen LogP contribution in [0.1, 0.15) is 57.7 Å². The molecule has 0 spiro atoms. The number of hydrogen-bond donors (Lipinski definition) is 0. The molecular weight excluding hydrogens is 444 g/mol. The second-order valence-electron chi connectivity index (χ2n) is 8.73. The summed E-state index contributed by atoms with van der Waals surface area (Å²) in [4.78, 5) is 32.2. The molecule has 2 aromatic carbocycles. The van der Waals surface area contributed by atoms with E-state index in [2.05, 4.69) is 49.6 Å². The zero-order valence-corrected chi connectivity index (χ0v) is 20.9. The Morgan fingerprint density at radius 3 is 2.62 bits per heavy atom. The van der Waals surface area contributed by atoms with Gasteiger partial charge in [0.1, 0.15) is 12.3 Å². The smallest absolute Gasteiger partial charge is 0.258 e. The minimum absolute atomic E-state index is 0.0261. The normalized spacial score (nSPS) is 15.0. The monoisotopic (exact) mass is 476 g/mol. The van der Waals surface area contributed by atoms with Crippen LogP contribution in [-0.4, -0.2) is 48.4 Å². The molecule has 4 rings (SSSR count). The first-order valence-electron chi connectivity index (χ1n) is 11.9. The number of thiophene rings is 1. The number of amides is 2. The molecule has 0 saturated carbocycles. The van der Waals surface area contributed by atoms with Crippen molar-refractivity contribution in [1.29, 1.82) is 0 Å². The molecule has 5 nitrogen and oxygen atoms in total. The van der Waals surface area contributed by atoms with E-state index < -0.39 is 0 Å². The van der Waals surface area contributed by atoms with Crippen LogP contribution in [0.15, 0.2) is 60.0 Å². The minimum Gasteiger partial charge on any atom is -0.496 e. The number of aryl methyl sites for hydroxylation is 1. The summed E-state index contributed by atoms with van der Waals surface area (Å²) in [6.07, 6.45) is 2.62. The van der Waals surface area contributed by atoms with E-state index in [4.69, 9.17) is 4.74 Å². The van der Waals surface area contributed by atoms with Crippen molar-refractivity contribution < 1.29 is 14.3 Å². The van der Waals surface area contributed by atoms with E-state index in [0.29, 0.717) is 24.4 Å². The largest absolute Gasteiger partial charge is 0.496 e. The quantitative estimate of drug-likeness (QED) is 0.432. The SMILES string of the molecule is CCCCN(CC(=O)N1CCc2sccc2C1c1ccc(C)cc1)C(=O)c1ccccc1OC. The maximum atomic E-state index is 13.7. The summed E-state index contributed by atoms with van der Waals surface area (Å²) in [7, 11) is 1.56. The average Bonchev–Trinajstić information content (AvgIpc) is 3.35. The van der Waals surface area contributed by atoms with Crippen molar-refractivity contribution in [3.05, 3.63) is 87.1 Å². The fraction of sp³-hybridized carbons (Fsp3) is 0.357. The van der Waals surface area contributed by atoms with Gasteiger partial charge in [-0.3, -0.25) is 9.59 Å². The highest BCUT2D eigenvalue weighted by Crippen LogP contribution is 2.38. The molecule has 2 heterocycles. The van der Waals surface area contributed by atoms with Crippen LogP contribution < -0.4 is 4.74 Å². The van der Waals surface area contributed by atoms with Crippen molar-refractivity contribution in [2.45, 2.75) is 39.2 Å². The lowest BCUT2D eigenvalue weighted by Gasteiger charge is -2.37. The molecular formula is C28H32N2O3S. The van der Waals surface area contributed by atoms with Gasteiger partial charge in [0.2, 0.25) is 5.91 Å². The fourth-order valence-electron chi connectivity index (χ4n) is 4.54. The Hall–Kier alpha value is -3.12. The standard InChI is InChI=1S/C28H32N2O3S/c1-4-5-16-29(28(32)22-8-6-7-9-24(22)33-3)19-26(31)30-17-14-25-23(15-18-34-25)27(30)21-12-10-20(2)11-13-21/h6-13,15,18,27H,4-5,14,16-17,19H2,1-3H3. The zero-order valence-electron chi connectivity index (χ0n) is 20.1. The predicted octanol–water partition coefficient (Wildman–Crippen LogP) is 5.48. The van der Waals surface area contributed by atoms with Crippen molar-refractivity contribution in [3.8, 4) is 5.75 Å². The molecule has 0 fully saturated rings. The van der Waals surface area contributed by atoms with Crippen LogP contribution in [-0.2, 0) is 11.2 Å². The molecule has 6 heteroatoms. The summed E-state index contributed by atoms with van der Waals surface area (Å²) in [5.41, 5.74) is 3.98. The highest BCUT2D eigenvalue weighted by Gasteiger charge is 2.34. The van der Waals surface area contributed by atoms with Crippen LogP contribution in [0.3, 0.4) is 0 Å². The van der Waals surface area contributed by atoms with Gasteiger partial charge in [-0.05, 0) is 54.5 Å². The van der Waals surface area contributed by atoms with Gasteiger partial charge in [0.25, 0.3) is 5.91 Å². The molecule has 0 N–H and O–H groups in total. The van der Waals surface area contributed by atoms with Gasteiger partial charge in [-0.15, -0.1) is 11.3 Å². The third kappa shape index (κ3) is 5.02.